The van der Waals surface area contributed by atoms with E-state index < -0.39 is 5.97 Å². The Bertz CT molecular complexity index is 1390. The van der Waals surface area contributed by atoms with Gasteiger partial charge < -0.3 is 10.0 Å². The summed E-state index contributed by atoms with van der Waals surface area (Å²) in [5.74, 6) is -1.24. The molecule has 3 aromatic carbocycles. The molecule has 5 nitrogen and oxygen atoms in total. The lowest BCUT2D eigenvalue weighted by molar-refractivity contribution is -0.113. The Morgan fingerprint density at radius 3 is 2.30 bits per heavy atom. The lowest BCUT2D eigenvalue weighted by Crippen LogP contribution is -2.26. The molecular weight excluding hydrogens is 456 g/mol. The topological polar surface area (TPSA) is 70.5 Å². The van der Waals surface area contributed by atoms with E-state index in [1.54, 1.807) is 4.90 Å². The number of para-hydroxylation sites is 1. The molecule has 1 aromatic heterocycles. The molecule has 0 spiro atoms. The molecule has 0 radical (unpaired) electrons. The fourth-order valence-electron chi connectivity index (χ4n) is 3.97. The Kier molecular flexibility index (Phi) is 5.54. The van der Waals surface area contributed by atoms with E-state index >= 15 is 0 Å². The maximum absolute atomic E-state index is 13.9. The minimum atomic E-state index is -1.08. The lowest BCUT2D eigenvalue weighted by Gasteiger charge is -2.16. The summed E-state index contributed by atoms with van der Waals surface area (Å²) >= 11 is 7.36. The van der Waals surface area contributed by atoms with Crippen LogP contribution in [0, 0.1) is 0 Å². The number of nitrogens with zero attached hydrogens (tertiary/aromatic N) is 2. The fourth-order valence-corrected chi connectivity index (χ4v) is 4.85. The maximum Gasteiger partial charge on any atom is 0.355 e. The summed E-state index contributed by atoms with van der Waals surface area (Å²) in [5, 5.41) is 11.9. The minimum Gasteiger partial charge on any atom is -0.476 e. The molecule has 0 atom stereocenters. The third-order valence-corrected chi connectivity index (χ3v) is 6.52. The highest BCUT2D eigenvalue weighted by atomic mass is 35.5. The van der Waals surface area contributed by atoms with Crippen LogP contribution in [-0.2, 0) is 11.3 Å². The van der Waals surface area contributed by atoms with Crippen LogP contribution in [-0.4, -0.2) is 22.0 Å². The molecule has 2 heterocycles. The Morgan fingerprint density at radius 1 is 0.939 bits per heavy atom. The molecule has 1 aliphatic heterocycles. The average molecular weight is 473 g/mol. The standard InChI is InChI=1S/C26H17ClN2O3S/c27-18-12-10-17(11-13-18)23(16-6-2-1-3-7-16)24-19-8-4-5-9-21(19)29(25(24)30)14-22-28-20(15-33-22)26(31)32/h1-13,15H,14H2,(H,31,32). The number of halogens is 1. The number of fused-ring (bicyclic) bond motifs is 1. The van der Waals surface area contributed by atoms with E-state index in [2.05, 4.69) is 4.98 Å². The smallest absolute Gasteiger partial charge is 0.355 e. The molecule has 7 heteroatoms. The number of aromatic carboxylic acids is 1. The number of amides is 1. The number of carbonyl (C=O) groups excluding carboxylic acids is 1. The van der Waals surface area contributed by atoms with E-state index in [0.29, 0.717) is 15.6 Å². The van der Waals surface area contributed by atoms with Crippen molar-refractivity contribution in [1.82, 2.24) is 4.98 Å². The van der Waals surface area contributed by atoms with E-state index in [9.17, 15) is 14.7 Å². The molecule has 162 valence electrons. The Morgan fingerprint density at radius 2 is 1.61 bits per heavy atom. The van der Waals surface area contributed by atoms with Crippen LogP contribution in [0.2, 0.25) is 5.02 Å². The zero-order chi connectivity index (χ0) is 22.9. The van der Waals surface area contributed by atoms with Gasteiger partial charge in [0.05, 0.1) is 17.8 Å². The van der Waals surface area contributed by atoms with E-state index in [0.717, 1.165) is 28.0 Å². The molecule has 0 bridgehead atoms. The zero-order valence-corrected chi connectivity index (χ0v) is 18.8. The molecule has 0 aliphatic carbocycles. The van der Waals surface area contributed by atoms with Gasteiger partial charge in [-0.3, -0.25) is 4.79 Å². The van der Waals surface area contributed by atoms with Crippen LogP contribution in [0.3, 0.4) is 0 Å². The molecule has 1 N–H and O–H groups in total. The second-order valence-corrected chi connectivity index (χ2v) is 8.84. The monoisotopic (exact) mass is 472 g/mol. The maximum atomic E-state index is 13.9. The highest BCUT2D eigenvalue weighted by Crippen LogP contribution is 2.43. The third kappa shape index (κ3) is 3.95. The van der Waals surface area contributed by atoms with Crippen LogP contribution < -0.4 is 4.90 Å². The summed E-state index contributed by atoms with van der Waals surface area (Å²) in [6, 6.07) is 24.9. The quantitative estimate of drug-likeness (QED) is 0.361. The molecule has 0 unspecified atom stereocenters. The predicted octanol–water partition coefficient (Wildman–Crippen LogP) is 6.00. The second kappa shape index (κ2) is 8.65. The van der Waals surface area contributed by atoms with Crippen molar-refractivity contribution in [1.29, 1.82) is 0 Å². The van der Waals surface area contributed by atoms with Crippen LogP contribution in [0.4, 0.5) is 5.69 Å². The van der Waals surface area contributed by atoms with Crippen molar-refractivity contribution in [3.05, 3.63) is 117 Å². The van der Waals surface area contributed by atoms with Crippen LogP contribution in [0.5, 0.6) is 0 Å². The predicted molar refractivity (Wildman–Crippen MR) is 131 cm³/mol. The molecule has 0 saturated heterocycles. The second-order valence-electron chi connectivity index (χ2n) is 7.46. The molecule has 0 fully saturated rings. The number of anilines is 1. The molecule has 4 aromatic rings. The highest BCUT2D eigenvalue weighted by molar-refractivity contribution is 7.09. The number of carboxylic acid groups (broad SMARTS) is 1. The van der Waals surface area contributed by atoms with Crippen molar-refractivity contribution >= 4 is 51.6 Å². The zero-order valence-electron chi connectivity index (χ0n) is 17.2. The number of benzene rings is 3. The number of carbonyl (C=O) groups is 2. The molecular formula is C26H17ClN2O3S. The molecule has 0 saturated carbocycles. The summed E-state index contributed by atoms with van der Waals surface area (Å²) in [7, 11) is 0. The van der Waals surface area contributed by atoms with Gasteiger partial charge in [0.15, 0.2) is 5.69 Å². The fraction of sp³-hybridized carbons (Fsp3) is 0.0385. The third-order valence-electron chi connectivity index (χ3n) is 5.43. The largest absolute Gasteiger partial charge is 0.476 e. The normalized spacial score (nSPS) is 14.3. The highest BCUT2D eigenvalue weighted by Gasteiger charge is 2.35. The number of carboxylic acids is 1. The van der Waals surface area contributed by atoms with Crippen molar-refractivity contribution < 1.29 is 14.7 Å². The van der Waals surface area contributed by atoms with Gasteiger partial charge >= 0.3 is 5.97 Å². The number of hydrogen-bond donors (Lipinski definition) is 1. The van der Waals surface area contributed by atoms with Gasteiger partial charge in [0.25, 0.3) is 5.91 Å². The SMILES string of the molecule is O=C(O)c1csc(CN2C(=O)C(=C(c3ccccc3)c3ccc(Cl)cc3)c3ccccc32)n1. The molecule has 33 heavy (non-hydrogen) atoms. The number of hydrogen-bond acceptors (Lipinski definition) is 4. The number of rotatable bonds is 5. The van der Waals surface area contributed by atoms with Crippen molar-refractivity contribution in [3.8, 4) is 0 Å². The van der Waals surface area contributed by atoms with Gasteiger partial charge in [0, 0.05) is 21.5 Å². The Balaban J connectivity index is 1.68. The van der Waals surface area contributed by atoms with Crippen molar-refractivity contribution in [2.75, 3.05) is 4.90 Å². The first-order valence-corrected chi connectivity index (χ1v) is 11.4. The lowest BCUT2D eigenvalue weighted by atomic mass is 9.90. The van der Waals surface area contributed by atoms with Crippen molar-refractivity contribution in [3.63, 3.8) is 0 Å². The number of thiazole rings is 1. The first kappa shape index (κ1) is 21.1. The van der Waals surface area contributed by atoms with Gasteiger partial charge in [-0.2, -0.15) is 0 Å². The van der Waals surface area contributed by atoms with Crippen molar-refractivity contribution in [2.24, 2.45) is 0 Å². The van der Waals surface area contributed by atoms with Crippen LogP contribution in [0.15, 0.2) is 84.2 Å². The Labute approximate surface area is 199 Å². The van der Waals surface area contributed by atoms with E-state index in [1.165, 1.54) is 16.7 Å². The summed E-state index contributed by atoms with van der Waals surface area (Å²) in [6.45, 7) is 0.194. The van der Waals surface area contributed by atoms with E-state index in [1.807, 2.05) is 78.9 Å². The molecule has 1 aliphatic rings. The minimum absolute atomic E-state index is 0.0168. The van der Waals surface area contributed by atoms with E-state index in [4.69, 9.17) is 11.6 Å². The molecule has 1 amide bonds. The average Bonchev–Trinajstić information content (AvgIpc) is 3.41. The van der Waals surface area contributed by atoms with Gasteiger partial charge in [-0.1, -0.05) is 72.3 Å². The summed E-state index contributed by atoms with van der Waals surface area (Å²) < 4.78 is 0. The van der Waals surface area contributed by atoms with Crippen LogP contribution in [0.25, 0.3) is 11.1 Å². The van der Waals surface area contributed by atoms with Gasteiger partial charge in [-0.15, -0.1) is 11.3 Å². The van der Waals surface area contributed by atoms with Gasteiger partial charge in [-0.05, 0) is 29.3 Å². The summed E-state index contributed by atoms with van der Waals surface area (Å²) in [6.07, 6.45) is 0. The van der Waals surface area contributed by atoms with Crippen LogP contribution >= 0.6 is 22.9 Å². The summed E-state index contributed by atoms with van der Waals surface area (Å²) in [5.41, 5.74) is 4.79. The Hall–Kier alpha value is -3.74. The molecule has 5 rings (SSSR count). The van der Waals surface area contributed by atoms with Gasteiger partial charge in [0.1, 0.15) is 5.01 Å². The van der Waals surface area contributed by atoms with Gasteiger partial charge in [0.2, 0.25) is 0 Å². The van der Waals surface area contributed by atoms with Gasteiger partial charge in [-0.25, -0.2) is 9.78 Å². The van der Waals surface area contributed by atoms with Crippen molar-refractivity contribution in [2.45, 2.75) is 6.54 Å². The first-order chi connectivity index (χ1) is 16.0. The van der Waals surface area contributed by atoms with Crippen LogP contribution in [0.1, 0.15) is 32.2 Å². The van der Waals surface area contributed by atoms with E-state index in [-0.39, 0.29) is 18.1 Å². The first-order valence-electron chi connectivity index (χ1n) is 10.2. The summed E-state index contributed by atoms with van der Waals surface area (Å²) in [4.78, 5) is 30.9. The number of aromatic nitrogens is 1.